The van der Waals surface area contributed by atoms with Gasteiger partial charge in [0.15, 0.2) is 11.0 Å². The number of thiazole rings is 1. The second-order valence-electron chi connectivity index (χ2n) is 6.50. The second-order valence-corrected chi connectivity index (χ2v) is 8.38. The molecule has 2 heterocycles. The lowest BCUT2D eigenvalue weighted by Gasteiger charge is -2.11. The summed E-state index contributed by atoms with van der Waals surface area (Å²) >= 11 is 2.72. The van der Waals surface area contributed by atoms with E-state index in [1.165, 1.54) is 29.2 Å². The van der Waals surface area contributed by atoms with Crippen molar-refractivity contribution in [1.82, 2.24) is 19.3 Å². The molecule has 0 bridgehead atoms. The fraction of sp³-hybridized carbons (Fsp3) is 0.190. The van der Waals surface area contributed by atoms with E-state index in [-0.39, 0.29) is 10.7 Å². The first-order valence-electron chi connectivity index (χ1n) is 9.13. The summed E-state index contributed by atoms with van der Waals surface area (Å²) < 4.78 is 18.1. The van der Waals surface area contributed by atoms with Crippen molar-refractivity contribution in [3.8, 4) is 11.4 Å². The number of benzene rings is 2. The van der Waals surface area contributed by atoms with Crippen LogP contribution in [0.3, 0.4) is 0 Å². The minimum absolute atomic E-state index is 0.0425. The number of rotatable bonds is 7. The largest absolute Gasteiger partial charge is 0.307 e. The quantitative estimate of drug-likeness (QED) is 0.410. The van der Waals surface area contributed by atoms with Crippen LogP contribution in [-0.2, 0) is 13.1 Å². The third-order valence-electron chi connectivity index (χ3n) is 4.54. The molecule has 0 N–H and O–H groups in total. The van der Waals surface area contributed by atoms with Crippen LogP contribution in [-0.4, -0.2) is 25.1 Å². The smallest absolute Gasteiger partial charge is 0.303 e. The molecule has 0 aliphatic heterocycles. The van der Waals surface area contributed by atoms with Crippen LogP contribution in [0.4, 0.5) is 4.39 Å². The van der Waals surface area contributed by atoms with Crippen molar-refractivity contribution < 1.29 is 4.39 Å². The predicted molar refractivity (Wildman–Crippen MR) is 115 cm³/mol. The Morgan fingerprint density at radius 1 is 1.03 bits per heavy atom. The number of nitrogens with zero attached hydrogens (tertiary/aromatic N) is 4. The Hall–Kier alpha value is -2.71. The zero-order valence-corrected chi connectivity index (χ0v) is 17.4. The SMILES string of the molecule is Cc1csc(=O)n1CCSc1nnc(-c2ccccc2F)n1Cc1ccccc1. The molecule has 4 rings (SSSR count). The molecule has 0 unspecified atom stereocenters. The Labute approximate surface area is 175 Å². The lowest BCUT2D eigenvalue weighted by atomic mass is 10.2. The van der Waals surface area contributed by atoms with E-state index in [1.807, 2.05) is 47.2 Å². The molecular formula is C21H19FN4OS2. The van der Waals surface area contributed by atoms with Crippen LogP contribution in [0.1, 0.15) is 11.3 Å². The van der Waals surface area contributed by atoms with E-state index < -0.39 is 0 Å². The zero-order valence-electron chi connectivity index (χ0n) is 15.8. The van der Waals surface area contributed by atoms with Crippen molar-refractivity contribution in [2.75, 3.05) is 5.75 Å². The fourth-order valence-corrected chi connectivity index (χ4v) is 4.67. The Kier molecular flexibility index (Phi) is 5.92. The topological polar surface area (TPSA) is 52.7 Å². The van der Waals surface area contributed by atoms with Crippen molar-refractivity contribution in [2.45, 2.75) is 25.2 Å². The number of hydrogen-bond donors (Lipinski definition) is 0. The zero-order chi connectivity index (χ0) is 20.2. The molecular weight excluding hydrogens is 407 g/mol. The highest BCUT2D eigenvalue weighted by Crippen LogP contribution is 2.27. The Balaban J connectivity index is 1.63. The molecule has 0 fully saturated rings. The monoisotopic (exact) mass is 426 g/mol. The summed E-state index contributed by atoms with van der Waals surface area (Å²) in [6.45, 7) is 3.06. The molecule has 29 heavy (non-hydrogen) atoms. The number of thioether (sulfide) groups is 1. The normalized spacial score (nSPS) is 11.1. The summed E-state index contributed by atoms with van der Waals surface area (Å²) in [5.74, 6) is 0.839. The van der Waals surface area contributed by atoms with Gasteiger partial charge in [0.1, 0.15) is 5.82 Å². The fourth-order valence-electron chi connectivity index (χ4n) is 3.05. The number of aromatic nitrogens is 4. The van der Waals surface area contributed by atoms with E-state index in [2.05, 4.69) is 10.2 Å². The lowest BCUT2D eigenvalue weighted by Crippen LogP contribution is -2.16. The van der Waals surface area contributed by atoms with Gasteiger partial charge in [-0.15, -0.1) is 10.2 Å². The molecule has 148 valence electrons. The third-order valence-corrected chi connectivity index (χ3v) is 6.37. The molecule has 5 nitrogen and oxygen atoms in total. The van der Waals surface area contributed by atoms with Gasteiger partial charge in [0.25, 0.3) is 0 Å². The molecule has 4 aromatic rings. The molecule has 8 heteroatoms. The Morgan fingerprint density at radius 2 is 1.79 bits per heavy atom. The number of aryl methyl sites for hydroxylation is 1. The van der Waals surface area contributed by atoms with Gasteiger partial charge >= 0.3 is 4.87 Å². The van der Waals surface area contributed by atoms with Gasteiger partial charge in [-0.3, -0.25) is 9.36 Å². The predicted octanol–water partition coefficient (Wildman–Crippen LogP) is 4.46. The molecule has 2 aromatic heterocycles. The number of hydrogen-bond acceptors (Lipinski definition) is 5. The van der Waals surface area contributed by atoms with Crippen LogP contribution in [0, 0.1) is 12.7 Å². The number of halogens is 1. The first-order valence-corrected chi connectivity index (χ1v) is 11.0. The van der Waals surface area contributed by atoms with E-state index in [1.54, 1.807) is 22.8 Å². The van der Waals surface area contributed by atoms with Crippen molar-refractivity contribution in [2.24, 2.45) is 0 Å². The van der Waals surface area contributed by atoms with E-state index >= 15 is 0 Å². The summed E-state index contributed by atoms with van der Waals surface area (Å²) in [6.07, 6.45) is 0. The van der Waals surface area contributed by atoms with Crippen LogP contribution in [0.25, 0.3) is 11.4 Å². The van der Waals surface area contributed by atoms with Gasteiger partial charge in [-0.2, -0.15) is 0 Å². The first kappa shape index (κ1) is 19.6. The molecule has 0 saturated carbocycles. The highest BCUT2D eigenvalue weighted by molar-refractivity contribution is 7.99. The molecule has 0 atom stereocenters. The van der Waals surface area contributed by atoms with Gasteiger partial charge in [0, 0.05) is 23.4 Å². The van der Waals surface area contributed by atoms with Gasteiger partial charge in [0.05, 0.1) is 12.1 Å². The molecule has 0 aliphatic rings. The summed E-state index contributed by atoms with van der Waals surface area (Å²) in [6, 6.07) is 16.5. The molecule has 0 spiro atoms. The standard InChI is InChI=1S/C21H19FN4OS2/c1-15-14-29-21(27)25(15)11-12-28-20-24-23-19(17-9-5-6-10-18(17)22)26(20)13-16-7-3-2-4-8-16/h2-10,14H,11-13H2,1H3. The van der Waals surface area contributed by atoms with E-state index in [4.69, 9.17) is 0 Å². The minimum atomic E-state index is -0.328. The van der Waals surface area contributed by atoms with Crippen molar-refractivity contribution >= 4 is 23.1 Å². The minimum Gasteiger partial charge on any atom is -0.303 e. The summed E-state index contributed by atoms with van der Waals surface area (Å²) in [5, 5.41) is 11.2. The lowest BCUT2D eigenvalue weighted by molar-refractivity contribution is 0.626. The maximum Gasteiger partial charge on any atom is 0.307 e. The van der Waals surface area contributed by atoms with E-state index in [0.29, 0.717) is 35.4 Å². The van der Waals surface area contributed by atoms with E-state index in [0.717, 1.165) is 11.3 Å². The molecule has 0 saturated heterocycles. The highest BCUT2D eigenvalue weighted by Gasteiger charge is 2.17. The van der Waals surface area contributed by atoms with Crippen molar-refractivity contribution in [3.63, 3.8) is 0 Å². The third kappa shape index (κ3) is 4.33. The van der Waals surface area contributed by atoms with Crippen LogP contribution < -0.4 is 4.87 Å². The van der Waals surface area contributed by atoms with Crippen LogP contribution in [0.5, 0.6) is 0 Å². The first-order chi connectivity index (χ1) is 14.1. The second kappa shape index (κ2) is 8.75. The van der Waals surface area contributed by atoms with Crippen LogP contribution in [0.15, 0.2) is 69.9 Å². The van der Waals surface area contributed by atoms with E-state index in [9.17, 15) is 9.18 Å². The molecule has 2 aromatic carbocycles. The average molecular weight is 427 g/mol. The average Bonchev–Trinajstić information content (AvgIpc) is 3.27. The van der Waals surface area contributed by atoms with Gasteiger partial charge in [-0.25, -0.2) is 4.39 Å². The van der Waals surface area contributed by atoms with Crippen molar-refractivity contribution in [1.29, 1.82) is 0 Å². The summed E-state index contributed by atoms with van der Waals surface area (Å²) in [7, 11) is 0. The van der Waals surface area contributed by atoms with Crippen LogP contribution in [0.2, 0.25) is 0 Å². The molecule has 0 radical (unpaired) electrons. The van der Waals surface area contributed by atoms with Gasteiger partial charge in [-0.1, -0.05) is 65.6 Å². The van der Waals surface area contributed by atoms with Gasteiger partial charge < -0.3 is 4.57 Å². The highest BCUT2D eigenvalue weighted by atomic mass is 32.2. The van der Waals surface area contributed by atoms with Gasteiger partial charge in [-0.05, 0) is 24.6 Å². The maximum atomic E-state index is 14.4. The van der Waals surface area contributed by atoms with Gasteiger partial charge in [0.2, 0.25) is 0 Å². The Morgan fingerprint density at radius 3 is 2.52 bits per heavy atom. The summed E-state index contributed by atoms with van der Waals surface area (Å²) in [4.78, 5) is 12.0. The summed E-state index contributed by atoms with van der Waals surface area (Å²) in [5.41, 5.74) is 2.46. The Bertz CT molecular complexity index is 1170. The van der Waals surface area contributed by atoms with Crippen molar-refractivity contribution in [3.05, 3.63) is 86.7 Å². The molecule has 0 aliphatic carbocycles. The molecule has 0 amide bonds. The maximum absolute atomic E-state index is 14.4. The van der Waals surface area contributed by atoms with Crippen LogP contribution >= 0.6 is 23.1 Å².